The SMILES string of the molecule is CC(C)NC(=O)CNC(=O)Nc1sccc1C(=O)O. The number of thiophene rings is 1. The summed E-state index contributed by atoms with van der Waals surface area (Å²) in [5.41, 5.74) is 0.0202. The number of rotatable bonds is 5. The third-order valence-corrected chi connectivity index (χ3v) is 2.81. The molecule has 19 heavy (non-hydrogen) atoms. The molecule has 104 valence electrons. The Hall–Kier alpha value is -2.09. The van der Waals surface area contributed by atoms with E-state index in [1.54, 1.807) is 5.38 Å². The zero-order valence-corrected chi connectivity index (χ0v) is 11.3. The van der Waals surface area contributed by atoms with Crippen LogP contribution in [0.15, 0.2) is 11.4 Å². The lowest BCUT2D eigenvalue weighted by atomic mass is 10.3. The maximum absolute atomic E-state index is 11.5. The molecule has 7 nitrogen and oxygen atoms in total. The Balaban J connectivity index is 2.45. The third kappa shape index (κ3) is 4.96. The minimum absolute atomic E-state index is 0.00623. The Morgan fingerprint density at radius 1 is 1.37 bits per heavy atom. The molecule has 0 saturated heterocycles. The van der Waals surface area contributed by atoms with Gasteiger partial charge < -0.3 is 15.7 Å². The first-order valence-corrected chi connectivity index (χ1v) is 6.43. The Morgan fingerprint density at radius 3 is 2.63 bits per heavy atom. The lowest BCUT2D eigenvalue weighted by Crippen LogP contribution is -2.41. The van der Waals surface area contributed by atoms with Crippen LogP contribution in [0.3, 0.4) is 0 Å². The van der Waals surface area contributed by atoms with Gasteiger partial charge in [0.05, 0.1) is 12.1 Å². The number of hydrogen-bond acceptors (Lipinski definition) is 4. The van der Waals surface area contributed by atoms with Gasteiger partial charge in [0.1, 0.15) is 5.00 Å². The number of carbonyl (C=O) groups excluding carboxylic acids is 2. The molecule has 0 atom stereocenters. The van der Waals surface area contributed by atoms with E-state index in [2.05, 4.69) is 16.0 Å². The van der Waals surface area contributed by atoms with Crippen LogP contribution in [0, 0.1) is 0 Å². The molecule has 4 N–H and O–H groups in total. The second kappa shape index (κ2) is 6.74. The molecule has 0 radical (unpaired) electrons. The number of carboxylic acid groups (broad SMARTS) is 1. The van der Waals surface area contributed by atoms with Crippen molar-refractivity contribution in [1.29, 1.82) is 0 Å². The second-order valence-corrected chi connectivity index (χ2v) is 4.91. The number of aromatic carboxylic acids is 1. The molecular formula is C11H15N3O4S. The van der Waals surface area contributed by atoms with Gasteiger partial charge in [-0.3, -0.25) is 10.1 Å². The fourth-order valence-corrected chi connectivity index (χ4v) is 2.03. The fraction of sp³-hybridized carbons (Fsp3) is 0.364. The van der Waals surface area contributed by atoms with Crippen molar-refractivity contribution in [2.75, 3.05) is 11.9 Å². The summed E-state index contributed by atoms with van der Waals surface area (Å²) in [4.78, 5) is 33.6. The number of carboxylic acids is 1. The van der Waals surface area contributed by atoms with Crippen molar-refractivity contribution in [1.82, 2.24) is 10.6 Å². The van der Waals surface area contributed by atoms with Crippen LogP contribution in [-0.4, -0.2) is 35.6 Å². The molecule has 0 aliphatic rings. The lowest BCUT2D eigenvalue weighted by molar-refractivity contribution is -0.120. The van der Waals surface area contributed by atoms with E-state index in [9.17, 15) is 14.4 Å². The molecule has 1 aromatic rings. The molecule has 0 spiro atoms. The topological polar surface area (TPSA) is 108 Å². The molecule has 0 aromatic carbocycles. The summed E-state index contributed by atoms with van der Waals surface area (Å²) < 4.78 is 0. The molecule has 0 aliphatic carbocycles. The van der Waals surface area contributed by atoms with Crippen LogP contribution in [-0.2, 0) is 4.79 Å². The zero-order valence-electron chi connectivity index (χ0n) is 10.5. The third-order valence-electron chi connectivity index (χ3n) is 1.98. The minimum Gasteiger partial charge on any atom is -0.478 e. The van der Waals surface area contributed by atoms with Crippen LogP contribution in [0.5, 0.6) is 0 Å². The molecule has 0 unspecified atom stereocenters. The first-order chi connectivity index (χ1) is 8.90. The second-order valence-electron chi connectivity index (χ2n) is 4.00. The maximum Gasteiger partial charge on any atom is 0.338 e. The maximum atomic E-state index is 11.5. The van der Waals surface area contributed by atoms with E-state index in [1.807, 2.05) is 13.8 Å². The van der Waals surface area contributed by atoms with Crippen molar-refractivity contribution in [3.05, 3.63) is 17.0 Å². The minimum atomic E-state index is -1.12. The van der Waals surface area contributed by atoms with Crippen molar-refractivity contribution in [3.63, 3.8) is 0 Å². The van der Waals surface area contributed by atoms with Crippen LogP contribution in [0.25, 0.3) is 0 Å². The van der Waals surface area contributed by atoms with Gasteiger partial charge in [0.2, 0.25) is 5.91 Å². The van der Waals surface area contributed by atoms with Gasteiger partial charge >= 0.3 is 12.0 Å². The van der Waals surface area contributed by atoms with Crippen LogP contribution < -0.4 is 16.0 Å². The molecule has 1 rings (SSSR count). The predicted octanol–water partition coefficient (Wildman–Crippen LogP) is 1.09. The van der Waals surface area contributed by atoms with Crippen molar-refractivity contribution in [3.8, 4) is 0 Å². The predicted molar refractivity (Wildman–Crippen MR) is 71.6 cm³/mol. The van der Waals surface area contributed by atoms with Gasteiger partial charge in [-0.1, -0.05) is 0 Å². The van der Waals surface area contributed by atoms with Gasteiger partial charge in [0, 0.05) is 6.04 Å². The Bertz CT molecular complexity index is 484. The van der Waals surface area contributed by atoms with Gasteiger partial charge in [0.25, 0.3) is 0 Å². The van der Waals surface area contributed by atoms with Gasteiger partial charge in [-0.05, 0) is 25.3 Å². The highest BCUT2D eigenvalue weighted by molar-refractivity contribution is 7.14. The van der Waals surface area contributed by atoms with Crippen LogP contribution in [0.2, 0.25) is 0 Å². The van der Waals surface area contributed by atoms with Crippen molar-refractivity contribution < 1.29 is 19.5 Å². The molecule has 0 fully saturated rings. The Labute approximate surface area is 114 Å². The van der Waals surface area contributed by atoms with E-state index in [1.165, 1.54) is 6.07 Å². The van der Waals surface area contributed by atoms with Crippen molar-refractivity contribution in [2.45, 2.75) is 19.9 Å². The molecular weight excluding hydrogens is 270 g/mol. The first kappa shape index (κ1) is 15.0. The fourth-order valence-electron chi connectivity index (χ4n) is 1.26. The number of hydrogen-bond donors (Lipinski definition) is 4. The zero-order chi connectivity index (χ0) is 14.4. The number of carbonyl (C=O) groups is 3. The molecule has 1 aromatic heterocycles. The van der Waals surface area contributed by atoms with Crippen molar-refractivity contribution >= 4 is 34.2 Å². The van der Waals surface area contributed by atoms with Gasteiger partial charge in [-0.15, -0.1) is 11.3 Å². The summed E-state index contributed by atoms with van der Waals surface area (Å²) in [6.45, 7) is 3.45. The van der Waals surface area contributed by atoms with Gasteiger partial charge in [-0.25, -0.2) is 9.59 Å². The summed E-state index contributed by atoms with van der Waals surface area (Å²) in [6, 6.07) is 0.769. The van der Waals surface area contributed by atoms with Crippen LogP contribution in [0.1, 0.15) is 24.2 Å². The average Bonchev–Trinajstić information content (AvgIpc) is 2.73. The highest BCUT2D eigenvalue weighted by Crippen LogP contribution is 2.22. The molecule has 0 aliphatic heterocycles. The van der Waals surface area contributed by atoms with E-state index >= 15 is 0 Å². The number of urea groups is 1. The van der Waals surface area contributed by atoms with Gasteiger partial charge in [0.15, 0.2) is 0 Å². The molecule has 0 bridgehead atoms. The molecule has 3 amide bonds. The first-order valence-electron chi connectivity index (χ1n) is 5.55. The molecule has 8 heteroatoms. The normalized spacial score (nSPS) is 10.1. The lowest BCUT2D eigenvalue weighted by Gasteiger charge is -2.09. The van der Waals surface area contributed by atoms with Crippen LogP contribution >= 0.6 is 11.3 Å². The highest BCUT2D eigenvalue weighted by Gasteiger charge is 2.14. The Morgan fingerprint density at radius 2 is 2.05 bits per heavy atom. The monoisotopic (exact) mass is 285 g/mol. The summed E-state index contributed by atoms with van der Waals surface area (Å²) in [5.74, 6) is -1.43. The molecule has 1 heterocycles. The standard InChI is InChI=1S/C11H15N3O4S/c1-6(2)13-8(15)5-12-11(18)14-9-7(10(16)17)3-4-19-9/h3-4,6H,5H2,1-2H3,(H,13,15)(H,16,17)(H2,12,14,18). The van der Waals surface area contributed by atoms with E-state index in [-0.39, 0.29) is 29.1 Å². The molecule has 0 saturated carbocycles. The van der Waals surface area contributed by atoms with Gasteiger partial charge in [-0.2, -0.15) is 0 Å². The smallest absolute Gasteiger partial charge is 0.338 e. The quantitative estimate of drug-likeness (QED) is 0.649. The largest absolute Gasteiger partial charge is 0.478 e. The van der Waals surface area contributed by atoms with E-state index < -0.39 is 12.0 Å². The summed E-state index contributed by atoms with van der Waals surface area (Å²) in [7, 11) is 0. The van der Waals surface area contributed by atoms with E-state index in [0.29, 0.717) is 0 Å². The summed E-state index contributed by atoms with van der Waals surface area (Å²) in [5, 5.41) is 18.0. The highest BCUT2D eigenvalue weighted by atomic mass is 32.1. The number of nitrogens with one attached hydrogen (secondary N) is 3. The average molecular weight is 285 g/mol. The number of amides is 3. The van der Waals surface area contributed by atoms with E-state index in [0.717, 1.165) is 11.3 Å². The van der Waals surface area contributed by atoms with E-state index in [4.69, 9.17) is 5.11 Å². The Kier molecular flexibility index (Phi) is 5.31. The summed E-state index contributed by atoms with van der Waals surface area (Å²) >= 11 is 1.10. The van der Waals surface area contributed by atoms with Crippen LogP contribution in [0.4, 0.5) is 9.80 Å². The van der Waals surface area contributed by atoms with Crippen molar-refractivity contribution in [2.24, 2.45) is 0 Å². The summed E-state index contributed by atoms with van der Waals surface area (Å²) in [6.07, 6.45) is 0. The number of anilines is 1.